The first-order valence-corrected chi connectivity index (χ1v) is 11.5. The molecule has 2 N–H and O–H groups in total. The maximum Gasteiger partial charge on any atom is 0.149 e. The number of nitrogens with zero attached hydrogens (tertiary/aromatic N) is 6. The zero-order valence-corrected chi connectivity index (χ0v) is 18.2. The van der Waals surface area contributed by atoms with Crippen LogP contribution < -0.4 is 10.6 Å². The summed E-state index contributed by atoms with van der Waals surface area (Å²) in [4.78, 5) is 16.6. The molecule has 2 aliphatic rings. The standard InChI is InChI=1S/C23H22FN7S/c24-16-3-1-2-15-18(5-8-26-21(15)16)32-20-13-27-19(12-28-20)30-10-6-23(7-11-30)14-31-17(22(23)25)4-9-29-31/h1-5,8-9,12-13,22H,6-7,10-11,14,25H2/t22-/m1/s1. The Hall–Kier alpha value is -3.04. The van der Waals surface area contributed by atoms with Gasteiger partial charge in [-0.2, -0.15) is 5.10 Å². The second kappa shape index (κ2) is 7.53. The first-order valence-electron chi connectivity index (χ1n) is 10.7. The minimum Gasteiger partial charge on any atom is -0.355 e. The lowest BCUT2D eigenvalue weighted by Crippen LogP contribution is -2.45. The van der Waals surface area contributed by atoms with Crippen LogP contribution in [0.5, 0.6) is 0 Å². The summed E-state index contributed by atoms with van der Waals surface area (Å²) in [5.41, 5.74) is 8.19. The first kappa shape index (κ1) is 19.6. The summed E-state index contributed by atoms with van der Waals surface area (Å²) >= 11 is 1.47. The number of pyridine rings is 1. The van der Waals surface area contributed by atoms with Crippen LogP contribution in [0.2, 0.25) is 0 Å². The summed E-state index contributed by atoms with van der Waals surface area (Å²) in [6.07, 6.45) is 9.07. The third-order valence-corrected chi connectivity index (χ3v) is 7.78. The molecule has 0 radical (unpaired) electrons. The lowest BCUT2D eigenvalue weighted by atomic mass is 9.73. The number of anilines is 1. The van der Waals surface area contributed by atoms with Gasteiger partial charge in [0.05, 0.1) is 24.1 Å². The molecule has 2 aliphatic heterocycles. The van der Waals surface area contributed by atoms with Gasteiger partial charge in [-0.1, -0.05) is 23.9 Å². The topological polar surface area (TPSA) is 85.8 Å². The largest absolute Gasteiger partial charge is 0.355 e. The molecule has 1 spiro atoms. The summed E-state index contributed by atoms with van der Waals surface area (Å²) in [6, 6.07) is 8.95. The van der Waals surface area contributed by atoms with E-state index in [0.717, 1.165) is 59.3 Å². The number of para-hydroxylation sites is 1. The minimum absolute atomic E-state index is 0.0389. The highest BCUT2D eigenvalue weighted by atomic mass is 32.2. The zero-order valence-electron chi connectivity index (χ0n) is 17.4. The summed E-state index contributed by atoms with van der Waals surface area (Å²) in [6.45, 7) is 2.69. The molecule has 1 aromatic carbocycles. The lowest BCUT2D eigenvalue weighted by molar-refractivity contribution is 0.170. The van der Waals surface area contributed by atoms with Crippen LogP contribution in [0, 0.1) is 11.2 Å². The van der Waals surface area contributed by atoms with Crippen molar-refractivity contribution in [3.63, 3.8) is 0 Å². The number of piperidine rings is 1. The van der Waals surface area contributed by atoms with Gasteiger partial charge in [0.2, 0.25) is 0 Å². The van der Waals surface area contributed by atoms with Crippen molar-refractivity contribution in [2.45, 2.75) is 35.3 Å². The molecule has 9 heteroatoms. The summed E-state index contributed by atoms with van der Waals surface area (Å²) < 4.78 is 16.1. The van der Waals surface area contributed by atoms with Gasteiger partial charge in [0.25, 0.3) is 0 Å². The molecule has 7 nitrogen and oxygen atoms in total. The number of hydrogen-bond donors (Lipinski definition) is 1. The normalized spacial score (nSPS) is 19.6. The highest BCUT2D eigenvalue weighted by Crippen LogP contribution is 2.47. The van der Waals surface area contributed by atoms with Crippen molar-refractivity contribution in [1.29, 1.82) is 0 Å². The van der Waals surface area contributed by atoms with E-state index in [1.54, 1.807) is 18.5 Å². The SMILES string of the molecule is N[C@@H]1c2ccnn2CC12CCN(c1cnc(Sc3ccnc4c(F)cccc34)cn1)CC2. The van der Waals surface area contributed by atoms with E-state index in [2.05, 4.69) is 29.6 Å². The molecule has 1 saturated heterocycles. The maximum absolute atomic E-state index is 14.0. The average Bonchev–Trinajstić information content (AvgIpc) is 3.37. The monoisotopic (exact) mass is 447 g/mol. The fourth-order valence-electron chi connectivity index (χ4n) is 4.94. The zero-order chi connectivity index (χ0) is 21.7. The molecule has 5 heterocycles. The molecular formula is C23H22FN7S. The van der Waals surface area contributed by atoms with E-state index in [0.29, 0.717) is 5.52 Å². The van der Waals surface area contributed by atoms with E-state index in [4.69, 9.17) is 5.73 Å². The van der Waals surface area contributed by atoms with Crippen LogP contribution in [0.3, 0.4) is 0 Å². The summed E-state index contributed by atoms with van der Waals surface area (Å²) in [7, 11) is 0. The number of aromatic nitrogens is 5. The van der Waals surface area contributed by atoms with Gasteiger partial charge in [0, 0.05) is 47.7 Å². The van der Waals surface area contributed by atoms with Crippen LogP contribution in [-0.2, 0) is 6.54 Å². The maximum atomic E-state index is 14.0. The van der Waals surface area contributed by atoms with E-state index in [-0.39, 0.29) is 17.3 Å². The van der Waals surface area contributed by atoms with E-state index < -0.39 is 0 Å². The molecule has 162 valence electrons. The van der Waals surface area contributed by atoms with Crippen molar-refractivity contribution < 1.29 is 4.39 Å². The Balaban J connectivity index is 1.16. The van der Waals surface area contributed by atoms with Crippen molar-refractivity contribution in [2.75, 3.05) is 18.0 Å². The molecule has 1 fully saturated rings. The number of fused-ring (bicyclic) bond motifs is 2. The fourth-order valence-corrected chi connectivity index (χ4v) is 5.78. The molecule has 4 aromatic rings. The minimum atomic E-state index is -0.320. The molecule has 0 amide bonds. The fraction of sp³-hybridized carbons (Fsp3) is 0.304. The van der Waals surface area contributed by atoms with Gasteiger partial charge < -0.3 is 10.6 Å². The molecule has 6 rings (SSSR count). The summed E-state index contributed by atoms with van der Waals surface area (Å²) in [5.74, 6) is 0.555. The van der Waals surface area contributed by atoms with Crippen molar-refractivity contribution in [2.24, 2.45) is 11.1 Å². The van der Waals surface area contributed by atoms with Crippen LogP contribution >= 0.6 is 11.8 Å². The Morgan fingerprint density at radius 2 is 1.91 bits per heavy atom. The van der Waals surface area contributed by atoms with E-state index in [1.807, 2.05) is 30.6 Å². The lowest BCUT2D eigenvalue weighted by Gasteiger charge is -2.41. The smallest absolute Gasteiger partial charge is 0.149 e. The van der Waals surface area contributed by atoms with Crippen molar-refractivity contribution >= 4 is 28.5 Å². The Kier molecular flexibility index (Phi) is 4.62. The highest BCUT2D eigenvalue weighted by Gasteiger charge is 2.46. The molecule has 0 unspecified atom stereocenters. The highest BCUT2D eigenvalue weighted by molar-refractivity contribution is 7.99. The third-order valence-electron chi connectivity index (χ3n) is 6.79. The van der Waals surface area contributed by atoms with Gasteiger partial charge in [-0.3, -0.25) is 9.67 Å². The van der Waals surface area contributed by atoms with Crippen molar-refractivity contribution in [3.8, 4) is 0 Å². The van der Waals surface area contributed by atoms with Crippen LogP contribution in [0.25, 0.3) is 10.9 Å². The predicted octanol–water partition coefficient (Wildman–Crippen LogP) is 3.81. The molecule has 3 aromatic heterocycles. The van der Waals surface area contributed by atoms with Gasteiger partial charge in [0.15, 0.2) is 0 Å². The Bertz CT molecular complexity index is 1280. The average molecular weight is 448 g/mol. The van der Waals surface area contributed by atoms with E-state index in [9.17, 15) is 4.39 Å². The van der Waals surface area contributed by atoms with Crippen molar-refractivity contribution in [1.82, 2.24) is 24.7 Å². The van der Waals surface area contributed by atoms with Gasteiger partial charge >= 0.3 is 0 Å². The molecule has 0 saturated carbocycles. The number of benzene rings is 1. The number of hydrogen-bond acceptors (Lipinski definition) is 7. The third kappa shape index (κ3) is 3.15. The van der Waals surface area contributed by atoms with Crippen LogP contribution in [-0.4, -0.2) is 37.8 Å². The molecule has 32 heavy (non-hydrogen) atoms. The Morgan fingerprint density at radius 1 is 1.03 bits per heavy atom. The van der Waals surface area contributed by atoms with Gasteiger partial charge in [-0.05, 0) is 31.0 Å². The van der Waals surface area contributed by atoms with E-state index in [1.165, 1.54) is 17.8 Å². The van der Waals surface area contributed by atoms with Crippen molar-refractivity contribution in [3.05, 3.63) is 66.6 Å². The Morgan fingerprint density at radius 3 is 2.69 bits per heavy atom. The van der Waals surface area contributed by atoms with Gasteiger partial charge in [-0.15, -0.1) is 0 Å². The number of nitrogens with two attached hydrogens (primary N) is 1. The first-order chi connectivity index (χ1) is 15.6. The molecule has 0 bridgehead atoms. The predicted molar refractivity (Wildman–Crippen MR) is 121 cm³/mol. The molecule has 0 aliphatic carbocycles. The summed E-state index contributed by atoms with van der Waals surface area (Å²) in [5, 5.41) is 5.96. The molecular weight excluding hydrogens is 425 g/mol. The number of rotatable bonds is 3. The second-order valence-corrected chi connectivity index (χ2v) is 9.56. The van der Waals surface area contributed by atoms with E-state index >= 15 is 0 Å². The second-order valence-electron chi connectivity index (χ2n) is 8.50. The van der Waals surface area contributed by atoms with Gasteiger partial charge in [0.1, 0.15) is 22.2 Å². The van der Waals surface area contributed by atoms with Crippen LogP contribution in [0.1, 0.15) is 24.6 Å². The van der Waals surface area contributed by atoms with Crippen LogP contribution in [0.4, 0.5) is 10.2 Å². The quantitative estimate of drug-likeness (QED) is 0.511. The van der Waals surface area contributed by atoms with Gasteiger partial charge in [-0.25, -0.2) is 14.4 Å². The Labute approximate surface area is 188 Å². The van der Waals surface area contributed by atoms with Crippen LogP contribution in [0.15, 0.2) is 65.0 Å². The number of halogens is 1. The molecule has 1 atom stereocenters.